The first-order valence-corrected chi connectivity index (χ1v) is 7.24. The minimum absolute atomic E-state index is 0.0374. The Labute approximate surface area is 136 Å². The van der Waals surface area contributed by atoms with Gasteiger partial charge in [0.15, 0.2) is 17.3 Å². The molecule has 0 N–H and O–H groups in total. The molecule has 114 valence electrons. The van der Waals surface area contributed by atoms with Gasteiger partial charge in [0.2, 0.25) is 0 Å². The van der Waals surface area contributed by atoms with Crippen molar-refractivity contribution >= 4 is 27.8 Å². The van der Waals surface area contributed by atoms with E-state index in [2.05, 4.69) is 15.9 Å². The lowest BCUT2D eigenvalue weighted by atomic mass is 10.1. The minimum atomic E-state index is -0.538. The van der Waals surface area contributed by atoms with E-state index in [-0.39, 0.29) is 5.56 Å². The molecule has 0 saturated heterocycles. The maximum atomic E-state index is 13.6. The van der Waals surface area contributed by atoms with Gasteiger partial charge in [-0.15, -0.1) is 0 Å². The average Bonchev–Trinajstić information content (AvgIpc) is 2.53. The molecule has 22 heavy (non-hydrogen) atoms. The summed E-state index contributed by atoms with van der Waals surface area (Å²) in [4.78, 5) is 12.0. The number of hydrogen-bond acceptors (Lipinski definition) is 3. The zero-order chi connectivity index (χ0) is 16.1. The zero-order valence-corrected chi connectivity index (χ0v) is 13.7. The Bertz CT molecular complexity index is 726. The van der Waals surface area contributed by atoms with Gasteiger partial charge in [0.1, 0.15) is 5.82 Å². The zero-order valence-electron chi connectivity index (χ0n) is 12.1. The highest BCUT2D eigenvalue weighted by Gasteiger charge is 2.10. The summed E-state index contributed by atoms with van der Waals surface area (Å²) in [7, 11) is 3.07. The molecule has 0 amide bonds. The number of carbonyl (C=O) groups is 1. The number of ether oxygens (including phenoxy) is 2. The molecule has 2 aromatic rings. The molecule has 0 spiro atoms. The van der Waals surface area contributed by atoms with Crippen LogP contribution in [0, 0.1) is 5.82 Å². The van der Waals surface area contributed by atoms with Crippen molar-refractivity contribution < 1.29 is 18.7 Å². The van der Waals surface area contributed by atoms with Crippen LogP contribution in [0.5, 0.6) is 11.5 Å². The molecule has 0 aliphatic rings. The van der Waals surface area contributed by atoms with E-state index in [4.69, 9.17) is 9.47 Å². The summed E-state index contributed by atoms with van der Waals surface area (Å²) in [6.07, 6.45) is 2.92. The van der Waals surface area contributed by atoms with Crippen molar-refractivity contribution in [2.24, 2.45) is 0 Å². The SMILES string of the molecule is COc1cc(Br)c(/C=C/C(=O)c2ccccc2F)cc1OC. The third-order valence-corrected chi connectivity index (χ3v) is 3.74. The second-order valence-electron chi connectivity index (χ2n) is 4.41. The van der Waals surface area contributed by atoms with Crippen LogP contribution in [-0.4, -0.2) is 20.0 Å². The number of hydrogen-bond donors (Lipinski definition) is 0. The molecule has 0 saturated carbocycles. The summed E-state index contributed by atoms with van der Waals surface area (Å²) in [6.45, 7) is 0. The fourth-order valence-electron chi connectivity index (χ4n) is 1.91. The maximum Gasteiger partial charge on any atom is 0.188 e. The van der Waals surface area contributed by atoms with Gasteiger partial charge in [-0.2, -0.15) is 0 Å². The third kappa shape index (κ3) is 3.54. The van der Waals surface area contributed by atoms with Gasteiger partial charge >= 0.3 is 0 Å². The van der Waals surface area contributed by atoms with Crippen LogP contribution in [0.3, 0.4) is 0 Å². The summed E-state index contributed by atoms with van der Waals surface area (Å²) in [6, 6.07) is 9.34. The van der Waals surface area contributed by atoms with Crippen molar-refractivity contribution in [1.29, 1.82) is 0 Å². The third-order valence-electron chi connectivity index (χ3n) is 3.06. The van der Waals surface area contributed by atoms with E-state index >= 15 is 0 Å². The molecule has 3 nitrogen and oxygen atoms in total. The van der Waals surface area contributed by atoms with Crippen LogP contribution >= 0.6 is 15.9 Å². The van der Waals surface area contributed by atoms with Crippen LogP contribution < -0.4 is 9.47 Å². The second-order valence-corrected chi connectivity index (χ2v) is 5.26. The topological polar surface area (TPSA) is 35.5 Å². The van der Waals surface area contributed by atoms with Gasteiger partial charge in [-0.1, -0.05) is 28.1 Å². The minimum Gasteiger partial charge on any atom is -0.493 e. The van der Waals surface area contributed by atoms with E-state index in [0.29, 0.717) is 11.5 Å². The van der Waals surface area contributed by atoms with E-state index in [9.17, 15) is 9.18 Å². The second kappa shape index (κ2) is 7.22. The smallest absolute Gasteiger partial charge is 0.188 e. The first kappa shape index (κ1) is 16.2. The Balaban J connectivity index is 2.30. The normalized spacial score (nSPS) is 10.7. The van der Waals surface area contributed by atoms with Crippen molar-refractivity contribution in [1.82, 2.24) is 0 Å². The van der Waals surface area contributed by atoms with E-state index in [1.807, 2.05) is 0 Å². The molecule has 0 atom stereocenters. The van der Waals surface area contributed by atoms with Gasteiger partial charge in [0, 0.05) is 4.47 Å². The lowest BCUT2D eigenvalue weighted by Crippen LogP contribution is -1.98. The number of allylic oxidation sites excluding steroid dienone is 1. The molecule has 2 aromatic carbocycles. The summed E-state index contributed by atoms with van der Waals surface area (Å²) >= 11 is 3.40. The average molecular weight is 365 g/mol. The van der Waals surface area contributed by atoms with E-state index < -0.39 is 11.6 Å². The number of ketones is 1. The van der Waals surface area contributed by atoms with Gasteiger partial charge in [-0.25, -0.2) is 4.39 Å². The highest BCUT2D eigenvalue weighted by Crippen LogP contribution is 2.33. The van der Waals surface area contributed by atoms with E-state index in [0.717, 1.165) is 10.0 Å². The van der Waals surface area contributed by atoms with E-state index in [1.165, 1.54) is 25.3 Å². The van der Waals surface area contributed by atoms with Crippen LogP contribution in [-0.2, 0) is 0 Å². The highest BCUT2D eigenvalue weighted by atomic mass is 79.9. The van der Waals surface area contributed by atoms with Crippen molar-refractivity contribution in [2.75, 3.05) is 14.2 Å². The molecule has 0 unspecified atom stereocenters. The van der Waals surface area contributed by atoms with Gasteiger partial charge < -0.3 is 9.47 Å². The fraction of sp³-hybridized carbons (Fsp3) is 0.118. The number of halogens is 2. The predicted octanol–water partition coefficient (Wildman–Crippen LogP) is 4.50. The number of carbonyl (C=O) groups excluding carboxylic acids is 1. The Kier molecular flexibility index (Phi) is 5.33. The number of benzene rings is 2. The number of methoxy groups -OCH3 is 2. The fourth-order valence-corrected chi connectivity index (χ4v) is 2.37. The summed E-state index contributed by atoms with van der Waals surface area (Å²) in [5.74, 6) is 0.180. The largest absolute Gasteiger partial charge is 0.493 e. The van der Waals surface area contributed by atoms with Crippen molar-refractivity contribution in [3.8, 4) is 11.5 Å². The maximum absolute atomic E-state index is 13.6. The van der Waals surface area contributed by atoms with Gasteiger partial charge in [-0.05, 0) is 42.0 Å². The molecular formula is C17H14BrFO3. The Morgan fingerprint density at radius 3 is 2.41 bits per heavy atom. The Morgan fingerprint density at radius 1 is 1.14 bits per heavy atom. The first-order chi connectivity index (χ1) is 10.6. The first-order valence-electron chi connectivity index (χ1n) is 6.45. The van der Waals surface area contributed by atoms with Crippen molar-refractivity contribution in [2.45, 2.75) is 0 Å². The molecule has 0 radical (unpaired) electrons. The molecule has 0 aromatic heterocycles. The van der Waals surface area contributed by atoms with Crippen LogP contribution in [0.15, 0.2) is 46.9 Å². The van der Waals surface area contributed by atoms with Gasteiger partial charge in [0.25, 0.3) is 0 Å². The molecule has 5 heteroatoms. The van der Waals surface area contributed by atoms with Crippen LogP contribution in [0.1, 0.15) is 15.9 Å². The molecule has 0 bridgehead atoms. The summed E-state index contributed by atoms with van der Waals surface area (Å²) in [5, 5.41) is 0. The van der Waals surface area contributed by atoms with E-state index in [1.54, 1.807) is 37.5 Å². The van der Waals surface area contributed by atoms with Gasteiger partial charge in [0.05, 0.1) is 19.8 Å². The highest BCUT2D eigenvalue weighted by molar-refractivity contribution is 9.10. The molecule has 0 fully saturated rings. The summed E-state index contributed by atoms with van der Waals surface area (Å²) in [5.41, 5.74) is 0.762. The lowest BCUT2D eigenvalue weighted by molar-refractivity contribution is 0.104. The lowest BCUT2D eigenvalue weighted by Gasteiger charge is -2.09. The molecule has 2 rings (SSSR count). The monoisotopic (exact) mass is 364 g/mol. The van der Waals surface area contributed by atoms with Crippen LogP contribution in [0.25, 0.3) is 6.08 Å². The molecule has 0 heterocycles. The van der Waals surface area contributed by atoms with Gasteiger partial charge in [-0.3, -0.25) is 4.79 Å². The summed E-state index contributed by atoms with van der Waals surface area (Å²) < 4.78 is 24.7. The standard InChI is InChI=1S/C17H14BrFO3/c1-21-16-9-11(13(18)10-17(16)22-2)7-8-15(20)12-5-3-4-6-14(12)19/h3-10H,1-2H3/b8-7+. The molecular weight excluding hydrogens is 351 g/mol. The quantitative estimate of drug-likeness (QED) is 0.578. The van der Waals surface area contributed by atoms with Crippen molar-refractivity contribution in [3.63, 3.8) is 0 Å². The molecule has 0 aliphatic carbocycles. The predicted molar refractivity (Wildman–Crippen MR) is 87.0 cm³/mol. The van der Waals surface area contributed by atoms with Crippen LogP contribution in [0.4, 0.5) is 4.39 Å². The number of rotatable bonds is 5. The van der Waals surface area contributed by atoms with Crippen molar-refractivity contribution in [3.05, 3.63) is 63.9 Å². The molecule has 0 aliphatic heterocycles. The van der Waals surface area contributed by atoms with Crippen LogP contribution in [0.2, 0.25) is 0 Å². The Morgan fingerprint density at radius 2 is 1.77 bits per heavy atom. The Hall–Kier alpha value is -2.14.